The van der Waals surface area contributed by atoms with Crippen molar-refractivity contribution >= 4 is 12.4 Å². The third-order valence-corrected chi connectivity index (χ3v) is 2.50. The first-order valence-corrected chi connectivity index (χ1v) is 5.98. The maximum atomic E-state index is 12.3. The van der Waals surface area contributed by atoms with Gasteiger partial charge in [0.15, 0.2) is 11.5 Å². The van der Waals surface area contributed by atoms with Crippen LogP contribution in [-0.4, -0.2) is 38.3 Å². The third-order valence-electron chi connectivity index (χ3n) is 2.50. The van der Waals surface area contributed by atoms with Gasteiger partial charge in [-0.15, -0.1) is 12.4 Å². The number of rotatable bonds is 7. The van der Waals surface area contributed by atoms with Gasteiger partial charge < -0.3 is 20.1 Å². The standard InChI is InChI=1S/C13H20F2N2O2.ClH/c1-9(16)7-17(2)8-10-4-5-11(18-3)12(6-10)19-13(14)15;/h4-6,9,13H,7-8,16H2,1-3H3;1H. The van der Waals surface area contributed by atoms with E-state index in [2.05, 4.69) is 4.74 Å². The monoisotopic (exact) mass is 310 g/mol. The molecule has 4 nitrogen and oxygen atoms in total. The van der Waals surface area contributed by atoms with E-state index >= 15 is 0 Å². The molecule has 7 heteroatoms. The molecule has 0 spiro atoms. The first-order chi connectivity index (χ1) is 8.92. The van der Waals surface area contributed by atoms with Gasteiger partial charge in [-0.3, -0.25) is 0 Å². The van der Waals surface area contributed by atoms with Crippen LogP contribution >= 0.6 is 12.4 Å². The summed E-state index contributed by atoms with van der Waals surface area (Å²) in [6.07, 6.45) is 0. The van der Waals surface area contributed by atoms with Gasteiger partial charge in [-0.05, 0) is 31.7 Å². The first kappa shape index (κ1) is 18.9. The molecule has 1 aromatic carbocycles. The highest BCUT2D eigenvalue weighted by atomic mass is 35.5. The van der Waals surface area contributed by atoms with Gasteiger partial charge in [0.2, 0.25) is 0 Å². The number of methoxy groups -OCH3 is 1. The molecule has 0 amide bonds. The summed E-state index contributed by atoms with van der Waals surface area (Å²) in [7, 11) is 3.33. The molecule has 1 unspecified atom stereocenters. The fourth-order valence-electron chi connectivity index (χ4n) is 1.88. The maximum absolute atomic E-state index is 12.3. The fourth-order valence-corrected chi connectivity index (χ4v) is 1.88. The van der Waals surface area contributed by atoms with Gasteiger partial charge in [0.25, 0.3) is 0 Å². The fraction of sp³-hybridized carbons (Fsp3) is 0.538. The number of nitrogens with two attached hydrogens (primary N) is 1. The minimum absolute atomic E-state index is 0. The van der Waals surface area contributed by atoms with Gasteiger partial charge in [-0.1, -0.05) is 6.07 Å². The van der Waals surface area contributed by atoms with Gasteiger partial charge in [-0.25, -0.2) is 0 Å². The lowest BCUT2D eigenvalue weighted by atomic mass is 10.2. The Morgan fingerprint density at radius 1 is 1.30 bits per heavy atom. The molecule has 0 aliphatic carbocycles. The van der Waals surface area contributed by atoms with Crippen molar-refractivity contribution in [1.29, 1.82) is 0 Å². The summed E-state index contributed by atoms with van der Waals surface area (Å²) in [5.41, 5.74) is 6.56. The minimum atomic E-state index is -2.87. The van der Waals surface area contributed by atoms with Crippen LogP contribution < -0.4 is 15.2 Å². The highest BCUT2D eigenvalue weighted by Gasteiger charge is 2.12. The SMILES string of the molecule is COc1ccc(CN(C)CC(C)N)cc1OC(F)F.Cl. The lowest BCUT2D eigenvalue weighted by Gasteiger charge is -2.19. The van der Waals surface area contributed by atoms with Crippen LogP contribution in [0.4, 0.5) is 8.78 Å². The van der Waals surface area contributed by atoms with Gasteiger partial charge in [0.1, 0.15) is 0 Å². The molecule has 0 saturated carbocycles. The molecule has 0 radical (unpaired) electrons. The molecule has 1 aromatic rings. The highest BCUT2D eigenvalue weighted by molar-refractivity contribution is 5.85. The molecule has 0 aliphatic heterocycles. The van der Waals surface area contributed by atoms with Crippen molar-refractivity contribution in [2.75, 3.05) is 20.7 Å². The summed E-state index contributed by atoms with van der Waals surface area (Å²) >= 11 is 0. The summed E-state index contributed by atoms with van der Waals surface area (Å²) < 4.78 is 34.0. The van der Waals surface area contributed by atoms with Crippen molar-refractivity contribution < 1.29 is 18.3 Å². The van der Waals surface area contributed by atoms with Crippen LogP contribution in [0, 0.1) is 0 Å². The Bertz CT molecular complexity index is 406. The van der Waals surface area contributed by atoms with E-state index in [0.717, 1.165) is 12.1 Å². The second-order valence-electron chi connectivity index (χ2n) is 4.54. The Morgan fingerprint density at radius 2 is 1.95 bits per heavy atom. The van der Waals surface area contributed by atoms with E-state index in [1.165, 1.54) is 7.11 Å². The summed E-state index contributed by atoms with van der Waals surface area (Å²) in [6.45, 7) is 0.365. The van der Waals surface area contributed by atoms with E-state index in [-0.39, 0.29) is 24.2 Å². The minimum Gasteiger partial charge on any atom is -0.493 e. The molecule has 20 heavy (non-hydrogen) atoms. The van der Waals surface area contributed by atoms with Gasteiger partial charge in [0.05, 0.1) is 7.11 Å². The normalized spacial score (nSPS) is 12.2. The molecular formula is C13H21ClF2N2O2. The number of hydrogen-bond acceptors (Lipinski definition) is 4. The van der Waals surface area contributed by atoms with Crippen LogP contribution in [0.5, 0.6) is 11.5 Å². The van der Waals surface area contributed by atoms with Crippen LogP contribution in [0.15, 0.2) is 18.2 Å². The summed E-state index contributed by atoms with van der Waals surface area (Å²) in [6, 6.07) is 5.05. The van der Waals surface area contributed by atoms with E-state index in [4.69, 9.17) is 10.5 Å². The van der Waals surface area contributed by atoms with Gasteiger partial charge >= 0.3 is 6.61 Å². The number of nitrogens with zero attached hydrogens (tertiary/aromatic N) is 1. The van der Waals surface area contributed by atoms with Crippen molar-refractivity contribution in [3.63, 3.8) is 0 Å². The zero-order valence-corrected chi connectivity index (χ0v) is 12.6. The predicted molar refractivity (Wildman–Crippen MR) is 76.9 cm³/mol. The smallest absolute Gasteiger partial charge is 0.387 e. The molecule has 0 fully saturated rings. The summed E-state index contributed by atoms with van der Waals surface area (Å²) in [4.78, 5) is 2.01. The molecule has 116 valence electrons. The highest BCUT2D eigenvalue weighted by Crippen LogP contribution is 2.29. The number of benzene rings is 1. The number of likely N-dealkylation sites (N-methyl/N-ethyl adjacent to an activating group) is 1. The zero-order valence-electron chi connectivity index (χ0n) is 11.8. The third kappa shape index (κ3) is 6.36. The number of alkyl halides is 2. The second-order valence-corrected chi connectivity index (χ2v) is 4.54. The van der Waals surface area contributed by atoms with E-state index < -0.39 is 6.61 Å². The Labute approximate surface area is 124 Å². The molecule has 1 rings (SSSR count). The van der Waals surface area contributed by atoms with Gasteiger partial charge in [-0.2, -0.15) is 8.78 Å². The molecule has 1 atom stereocenters. The van der Waals surface area contributed by atoms with Crippen molar-refractivity contribution in [3.8, 4) is 11.5 Å². The average molecular weight is 311 g/mol. The van der Waals surface area contributed by atoms with Crippen LogP contribution in [-0.2, 0) is 6.54 Å². The Kier molecular flexibility index (Phi) is 8.45. The van der Waals surface area contributed by atoms with Crippen LogP contribution in [0.3, 0.4) is 0 Å². The topological polar surface area (TPSA) is 47.7 Å². The molecular weight excluding hydrogens is 290 g/mol. The second kappa shape index (κ2) is 8.94. The van der Waals surface area contributed by atoms with Crippen LogP contribution in [0.25, 0.3) is 0 Å². The lowest BCUT2D eigenvalue weighted by Crippen LogP contribution is -2.32. The molecule has 0 heterocycles. The maximum Gasteiger partial charge on any atom is 0.387 e. The van der Waals surface area contributed by atoms with Crippen LogP contribution in [0.1, 0.15) is 12.5 Å². The van der Waals surface area contributed by atoms with Crippen molar-refractivity contribution in [2.24, 2.45) is 5.73 Å². The molecule has 0 aromatic heterocycles. The quantitative estimate of drug-likeness (QED) is 0.840. The molecule has 0 aliphatic rings. The Hall–Kier alpha value is -1.11. The number of ether oxygens (including phenoxy) is 2. The largest absolute Gasteiger partial charge is 0.493 e. The van der Waals surface area contributed by atoms with Crippen molar-refractivity contribution in [3.05, 3.63) is 23.8 Å². The zero-order chi connectivity index (χ0) is 14.4. The molecule has 0 bridgehead atoms. The average Bonchev–Trinajstić information content (AvgIpc) is 2.27. The van der Waals surface area contributed by atoms with E-state index in [1.54, 1.807) is 12.1 Å². The number of halogens is 3. The first-order valence-electron chi connectivity index (χ1n) is 5.98. The summed E-state index contributed by atoms with van der Waals surface area (Å²) in [5, 5.41) is 0. The van der Waals surface area contributed by atoms with Crippen molar-refractivity contribution in [2.45, 2.75) is 26.1 Å². The Balaban J connectivity index is 0.00000361. The van der Waals surface area contributed by atoms with Crippen LogP contribution in [0.2, 0.25) is 0 Å². The predicted octanol–water partition coefficient (Wildman–Crippen LogP) is 2.50. The van der Waals surface area contributed by atoms with E-state index in [1.807, 2.05) is 24.9 Å². The van der Waals surface area contributed by atoms with Crippen molar-refractivity contribution in [1.82, 2.24) is 4.90 Å². The molecule has 0 saturated heterocycles. The number of hydrogen-bond donors (Lipinski definition) is 1. The summed E-state index contributed by atoms with van der Waals surface area (Å²) in [5.74, 6) is 0.336. The van der Waals surface area contributed by atoms with Gasteiger partial charge in [0, 0.05) is 19.1 Å². The molecule has 2 N–H and O–H groups in total. The Morgan fingerprint density at radius 3 is 2.45 bits per heavy atom. The van der Waals surface area contributed by atoms with E-state index in [0.29, 0.717) is 12.3 Å². The lowest BCUT2D eigenvalue weighted by molar-refractivity contribution is -0.0512. The van der Waals surface area contributed by atoms with E-state index in [9.17, 15) is 8.78 Å².